The van der Waals surface area contributed by atoms with E-state index in [1.54, 1.807) is 16.9 Å². The lowest BCUT2D eigenvalue weighted by molar-refractivity contribution is 0.102. The molecule has 1 amide bonds. The van der Waals surface area contributed by atoms with Crippen molar-refractivity contribution < 1.29 is 4.79 Å². The van der Waals surface area contributed by atoms with Gasteiger partial charge in [0.25, 0.3) is 5.91 Å². The minimum Gasteiger partial charge on any atom is -0.296 e. The van der Waals surface area contributed by atoms with Gasteiger partial charge in [0, 0.05) is 23.3 Å². The van der Waals surface area contributed by atoms with Crippen LogP contribution in [0.2, 0.25) is 0 Å². The molecule has 0 unspecified atom stereocenters. The molecule has 0 aliphatic carbocycles. The summed E-state index contributed by atoms with van der Waals surface area (Å²) in [5, 5.41) is 9.59. The standard InChI is InChI=1S/C18H15N5OS/c1-11-3-5-19-9-15(11)13-7-14-4-6-20-23(14)16(8-13)17(24)22-18-21-12(2)10-25-18/h3-10H,1-2H3,(H,21,22,24). The Kier molecular flexibility index (Phi) is 3.77. The second-order valence-corrected chi connectivity index (χ2v) is 6.59. The third-order valence-corrected chi connectivity index (χ3v) is 4.79. The highest BCUT2D eigenvalue weighted by molar-refractivity contribution is 7.13. The maximum absolute atomic E-state index is 12.8. The number of pyridine rings is 2. The molecule has 0 saturated heterocycles. The summed E-state index contributed by atoms with van der Waals surface area (Å²) in [4.78, 5) is 21.3. The second-order valence-electron chi connectivity index (χ2n) is 5.74. The predicted octanol–water partition coefficient (Wildman–Crippen LogP) is 3.72. The average Bonchev–Trinajstić information content (AvgIpc) is 3.23. The molecular weight excluding hydrogens is 334 g/mol. The first-order valence-corrected chi connectivity index (χ1v) is 8.62. The highest BCUT2D eigenvalue weighted by atomic mass is 32.1. The first-order valence-electron chi connectivity index (χ1n) is 7.74. The fourth-order valence-electron chi connectivity index (χ4n) is 2.69. The Bertz CT molecular complexity index is 1080. The Labute approximate surface area is 148 Å². The number of aromatic nitrogens is 4. The zero-order valence-corrected chi connectivity index (χ0v) is 14.5. The van der Waals surface area contributed by atoms with Crippen molar-refractivity contribution >= 4 is 27.9 Å². The Morgan fingerprint density at radius 1 is 1.20 bits per heavy atom. The lowest BCUT2D eigenvalue weighted by Gasteiger charge is -2.10. The Morgan fingerprint density at radius 2 is 2.08 bits per heavy atom. The molecule has 25 heavy (non-hydrogen) atoms. The Hall–Kier alpha value is -3.06. The fraction of sp³-hybridized carbons (Fsp3) is 0.111. The van der Waals surface area contributed by atoms with Gasteiger partial charge in [0.15, 0.2) is 5.13 Å². The number of nitrogens with zero attached hydrogens (tertiary/aromatic N) is 4. The minimum atomic E-state index is -0.244. The molecule has 0 fully saturated rings. The van der Waals surface area contributed by atoms with Gasteiger partial charge in [0.05, 0.1) is 17.4 Å². The fourth-order valence-corrected chi connectivity index (χ4v) is 3.37. The van der Waals surface area contributed by atoms with E-state index in [1.807, 2.05) is 49.7 Å². The van der Waals surface area contributed by atoms with Crippen LogP contribution < -0.4 is 5.32 Å². The van der Waals surface area contributed by atoms with E-state index >= 15 is 0 Å². The van der Waals surface area contributed by atoms with Crippen molar-refractivity contribution in [2.45, 2.75) is 13.8 Å². The summed E-state index contributed by atoms with van der Waals surface area (Å²) in [7, 11) is 0. The molecule has 0 aliphatic rings. The molecule has 4 rings (SSSR count). The van der Waals surface area contributed by atoms with E-state index in [0.717, 1.165) is 27.9 Å². The van der Waals surface area contributed by atoms with Crippen LogP contribution in [0.15, 0.2) is 48.2 Å². The van der Waals surface area contributed by atoms with Crippen LogP contribution in [0, 0.1) is 13.8 Å². The molecular formula is C18H15N5OS. The average molecular weight is 349 g/mol. The largest absolute Gasteiger partial charge is 0.296 e. The number of fused-ring (bicyclic) bond motifs is 1. The maximum Gasteiger partial charge on any atom is 0.276 e. The lowest BCUT2D eigenvalue weighted by atomic mass is 10.0. The molecule has 0 bridgehead atoms. The highest BCUT2D eigenvalue weighted by Crippen LogP contribution is 2.26. The summed E-state index contributed by atoms with van der Waals surface area (Å²) < 4.78 is 1.63. The van der Waals surface area contributed by atoms with Crippen LogP contribution in [0.25, 0.3) is 16.6 Å². The molecule has 4 heterocycles. The van der Waals surface area contributed by atoms with Gasteiger partial charge in [-0.05, 0) is 49.2 Å². The number of hydrogen-bond acceptors (Lipinski definition) is 5. The Balaban J connectivity index is 1.81. The molecule has 7 heteroatoms. The van der Waals surface area contributed by atoms with Crippen molar-refractivity contribution in [3.63, 3.8) is 0 Å². The van der Waals surface area contributed by atoms with Crippen molar-refractivity contribution in [1.29, 1.82) is 0 Å². The topological polar surface area (TPSA) is 72.2 Å². The van der Waals surface area contributed by atoms with Crippen molar-refractivity contribution in [1.82, 2.24) is 19.6 Å². The number of amides is 1. The van der Waals surface area contributed by atoms with Crippen LogP contribution in [0.1, 0.15) is 21.7 Å². The summed E-state index contributed by atoms with van der Waals surface area (Å²) >= 11 is 1.40. The van der Waals surface area contributed by atoms with E-state index < -0.39 is 0 Å². The van der Waals surface area contributed by atoms with Crippen LogP contribution in [-0.4, -0.2) is 25.5 Å². The van der Waals surface area contributed by atoms with Crippen LogP contribution >= 0.6 is 11.3 Å². The highest BCUT2D eigenvalue weighted by Gasteiger charge is 2.16. The van der Waals surface area contributed by atoms with Gasteiger partial charge in [-0.25, -0.2) is 9.50 Å². The van der Waals surface area contributed by atoms with Gasteiger partial charge in [-0.1, -0.05) is 0 Å². The summed E-state index contributed by atoms with van der Waals surface area (Å²) in [5.74, 6) is -0.244. The molecule has 124 valence electrons. The first kappa shape index (κ1) is 15.5. The molecule has 0 spiro atoms. The molecule has 0 aliphatic heterocycles. The number of aryl methyl sites for hydroxylation is 2. The number of thiazole rings is 1. The molecule has 4 aromatic heterocycles. The summed E-state index contributed by atoms with van der Waals surface area (Å²) in [6, 6.07) is 7.66. The zero-order valence-electron chi connectivity index (χ0n) is 13.7. The summed E-state index contributed by atoms with van der Waals surface area (Å²) in [5.41, 5.74) is 5.20. The van der Waals surface area contributed by atoms with Gasteiger partial charge in [-0.3, -0.25) is 15.1 Å². The number of anilines is 1. The number of carbonyl (C=O) groups excluding carboxylic acids is 1. The SMILES string of the molecule is Cc1csc(NC(=O)c2cc(-c3cnccc3C)cc3ccnn23)n1. The maximum atomic E-state index is 12.8. The molecule has 0 radical (unpaired) electrons. The van der Waals surface area contributed by atoms with Gasteiger partial charge in [0.1, 0.15) is 5.69 Å². The van der Waals surface area contributed by atoms with Crippen LogP contribution in [0.3, 0.4) is 0 Å². The molecule has 4 aromatic rings. The van der Waals surface area contributed by atoms with Crippen molar-refractivity contribution in [2.24, 2.45) is 0 Å². The van der Waals surface area contributed by atoms with Crippen LogP contribution in [0.5, 0.6) is 0 Å². The number of hydrogen-bond donors (Lipinski definition) is 1. The quantitative estimate of drug-likeness (QED) is 0.612. The monoisotopic (exact) mass is 349 g/mol. The molecule has 6 nitrogen and oxygen atoms in total. The van der Waals surface area contributed by atoms with Crippen LogP contribution in [0.4, 0.5) is 5.13 Å². The van der Waals surface area contributed by atoms with E-state index in [9.17, 15) is 4.79 Å². The van der Waals surface area contributed by atoms with Crippen molar-refractivity contribution in [3.8, 4) is 11.1 Å². The van der Waals surface area contributed by atoms with Gasteiger partial charge >= 0.3 is 0 Å². The van der Waals surface area contributed by atoms with Crippen molar-refractivity contribution in [3.05, 3.63) is 65.2 Å². The molecule has 0 saturated carbocycles. The third kappa shape index (κ3) is 2.89. The minimum absolute atomic E-state index is 0.244. The van der Waals surface area contributed by atoms with Gasteiger partial charge in [0.2, 0.25) is 0 Å². The van der Waals surface area contributed by atoms with E-state index in [2.05, 4.69) is 20.4 Å². The normalized spacial score (nSPS) is 11.0. The second kappa shape index (κ2) is 6.10. The third-order valence-electron chi connectivity index (χ3n) is 3.92. The predicted molar refractivity (Wildman–Crippen MR) is 98.0 cm³/mol. The Morgan fingerprint density at radius 3 is 2.84 bits per heavy atom. The van der Waals surface area contributed by atoms with E-state index in [4.69, 9.17) is 0 Å². The smallest absolute Gasteiger partial charge is 0.276 e. The summed E-state index contributed by atoms with van der Waals surface area (Å²) in [6.45, 7) is 3.92. The van der Waals surface area contributed by atoms with Gasteiger partial charge < -0.3 is 0 Å². The number of carbonyl (C=O) groups is 1. The zero-order chi connectivity index (χ0) is 17.4. The van der Waals surface area contributed by atoms with Crippen molar-refractivity contribution in [2.75, 3.05) is 5.32 Å². The first-order chi connectivity index (χ1) is 12.1. The molecule has 0 atom stereocenters. The number of nitrogens with one attached hydrogen (secondary N) is 1. The number of rotatable bonds is 3. The van der Waals surface area contributed by atoms with E-state index in [-0.39, 0.29) is 5.91 Å². The van der Waals surface area contributed by atoms with E-state index in [0.29, 0.717) is 10.8 Å². The molecule has 1 N–H and O–H groups in total. The van der Waals surface area contributed by atoms with Gasteiger partial charge in [-0.15, -0.1) is 11.3 Å². The van der Waals surface area contributed by atoms with Crippen LogP contribution in [-0.2, 0) is 0 Å². The lowest BCUT2D eigenvalue weighted by Crippen LogP contribution is -2.16. The summed E-state index contributed by atoms with van der Waals surface area (Å²) in [6.07, 6.45) is 5.25. The molecule has 0 aromatic carbocycles. The van der Waals surface area contributed by atoms with Gasteiger partial charge in [-0.2, -0.15) is 5.10 Å². The van der Waals surface area contributed by atoms with E-state index in [1.165, 1.54) is 11.3 Å².